The van der Waals surface area contributed by atoms with Crippen molar-refractivity contribution >= 4 is 6.03 Å². The zero-order valence-corrected chi connectivity index (χ0v) is 7.87. The third-order valence-electron chi connectivity index (χ3n) is 1.51. The highest BCUT2D eigenvalue weighted by Gasteiger charge is 2.10. The third kappa shape index (κ3) is 2.43. The van der Waals surface area contributed by atoms with Crippen LogP contribution >= 0.6 is 0 Å². The summed E-state index contributed by atoms with van der Waals surface area (Å²) in [6.07, 6.45) is 0. The van der Waals surface area contributed by atoms with Crippen LogP contribution in [0.25, 0.3) is 0 Å². The van der Waals surface area contributed by atoms with Crippen molar-refractivity contribution in [3.05, 3.63) is 11.7 Å². The summed E-state index contributed by atoms with van der Waals surface area (Å²) in [7, 11) is 3.23. The van der Waals surface area contributed by atoms with E-state index < -0.39 is 0 Å². The molecule has 2 amide bonds. The van der Waals surface area contributed by atoms with E-state index >= 15 is 0 Å². The van der Waals surface area contributed by atoms with E-state index in [-0.39, 0.29) is 6.03 Å². The van der Waals surface area contributed by atoms with Gasteiger partial charge in [-0.3, -0.25) is 0 Å². The molecule has 0 aromatic carbocycles. The molecule has 0 bridgehead atoms. The monoisotopic (exact) mass is 184 g/mol. The van der Waals surface area contributed by atoms with Crippen LogP contribution in [0, 0.1) is 6.92 Å². The molecular weight excluding hydrogens is 172 g/mol. The summed E-state index contributed by atoms with van der Waals surface area (Å²) in [5.74, 6) is 1.00. The molecule has 1 aromatic rings. The normalized spacial score (nSPS) is 9.77. The van der Waals surface area contributed by atoms with Crippen molar-refractivity contribution in [1.29, 1.82) is 0 Å². The van der Waals surface area contributed by atoms with E-state index in [2.05, 4.69) is 15.5 Å². The number of nitrogens with zero attached hydrogens (tertiary/aromatic N) is 3. The van der Waals surface area contributed by atoms with Gasteiger partial charge in [-0.25, -0.2) is 4.79 Å². The zero-order valence-electron chi connectivity index (χ0n) is 7.87. The molecule has 6 nitrogen and oxygen atoms in total. The Kier molecular flexibility index (Phi) is 2.84. The number of aryl methyl sites for hydroxylation is 1. The molecule has 1 N–H and O–H groups in total. The molecule has 13 heavy (non-hydrogen) atoms. The van der Waals surface area contributed by atoms with Gasteiger partial charge in [-0.05, 0) is 0 Å². The summed E-state index contributed by atoms with van der Waals surface area (Å²) >= 11 is 0. The highest BCUT2D eigenvalue weighted by Crippen LogP contribution is 1.98. The minimum atomic E-state index is -0.178. The molecule has 0 saturated heterocycles. The molecule has 1 aromatic heterocycles. The van der Waals surface area contributed by atoms with Crippen molar-refractivity contribution in [2.75, 3.05) is 14.1 Å². The first-order valence-corrected chi connectivity index (χ1v) is 3.85. The molecule has 0 atom stereocenters. The second kappa shape index (κ2) is 3.88. The summed E-state index contributed by atoms with van der Waals surface area (Å²) in [4.78, 5) is 16.5. The average Bonchev–Trinajstić information content (AvgIpc) is 2.49. The average molecular weight is 184 g/mol. The molecule has 0 unspecified atom stereocenters. The summed E-state index contributed by atoms with van der Waals surface area (Å²) in [6.45, 7) is 2.05. The summed E-state index contributed by atoms with van der Waals surface area (Å²) in [5, 5.41) is 6.16. The van der Waals surface area contributed by atoms with Crippen molar-refractivity contribution in [1.82, 2.24) is 20.4 Å². The lowest BCUT2D eigenvalue weighted by Gasteiger charge is -2.13. The maximum Gasteiger partial charge on any atom is 0.317 e. The molecule has 0 aliphatic carbocycles. The highest BCUT2D eigenvalue weighted by atomic mass is 16.5. The fraction of sp³-hybridized carbons (Fsp3) is 0.571. The molecule has 0 aliphatic rings. The van der Waals surface area contributed by atoms with Gasteiger partial charge in [0.1, 0.15) is 0 Å². The fourth-order valence-corrected chi connectivity index (χ4v) is 0.880. The minimum Gasteiger partial charge on any atom is -0.341 e. The van der Waals surface area contributed by atoms with Crippen LogP contribution in [-0.2, 0) is 6.54 Å². The number of hydrogen-bond donors (Lipinski definition) is 1. The molecule has 0 spiro atoms. The van der Waals surface area contributed by atoms with E-state index in [1.165, 1.54) is 4.90 Å². The quantitative estimate of drug-likeness (QED) is 0.710. The lowest BCUT2D eigenvalue weighted by Crippen LogP contribution is -2.34. The van der Waals surface area contributed by atoms with Gasteiger partial charge in [0.15, 0.2) is 5.82 Å². The first-order valence-electron chi connectivity index (χ1n) is 3.85. The Labute approximate surface area is 75.9 Å². The molecule has 0 radical (unpaired) electrons. The van der Waals surface area contributed by atoms with Crippen molar-refractivity contribution in [3.8, 4) is 0 Å². The van der Waals surface area contributed by atoms with E-state index in [1.807, 2.05) is 0 Å². The van der Waals surface area contributed by atoms with Gasteiger partial charge in [-0.2, -0.15) is 4.98 Å². The Morgan fingerprint density at radius 2 is 2.38 bits per heavy atom. The lowest BCUT2D eigenvalue weighted by molar-refractivity contribution is 0.207. The number of hydrogen-bond acceptors (Lipinski definition) is 4. The van der Waals surface area contributed by atoms with Crippen LogP contribution in [0.15, 0.2) is 4.52 Å². The van der Waals surface area contributed by atoms with Crippen LogP contribution in [0.5, 0.6) is 0 Å². The van der Waals surface area contributed by atoms with Gasteiger partial charge < -0.3 is 14.7 Å². The largest absolute Gasteiger partial charge is 0.341 e. The van der Waals surface area contributed by atoms with Crippen LogP contribution in [0.3, 0.4) is 0 Å². The van der Waals surface area contributed by atoms with Crippen molar-refractivity contribution in [2.24, 2.45) is 0 Å². The van der Waals surface area contributed by atoms with Gasteiger partial charge in [0.05, 0.1) is 6.54 Å². The second-order valence-corrected chi connectivity index (χ2v) is 2.64. The molecular formula is C7H12N4O2. The Morgan fingerprint density at radius 1 is 1.69 bits per heavy atom. The molecule has 72 valence electrons. The van der Waals surface area contributed by atoms with Crippen LogP contribution in [0.1, 0.15) is 11.7 Å². The highest BCUT2D eigenvalue weighted by molar-refractivity contribution is 5.73. The van der Waals surface area contributed by atoms with Crippen LogP contribution in [0.4, 0.5) is 4.79 Å². The Morgan fingerprint density at radius 3 is 2.85 bits per heavy atom. The predicted molar refractivity (Wildman–Crippen MR) is 45.0 cm³/mol. The van der Waals surface area contributed by atoms with Crippen molar-refractivity contribution in [2.45, 2.75) is 13.5 Å². The lowest BCUT2D eigenvalue weighted by atomic mass is 10.5. The summed E-state index contributed by atoms with van der Waals surface area (Å²) in [6, 6.07) is -0.178. The van der Waals surface area contributed by atoms with Gasteiger partial charge >= 0.3 is 6.03 Å². The van der Waals surface area contributed by atoms with Gasteiger partial charge in [0, 0.05) is 21.0 Å². The predicted octanol–water partition coefficient (Wildman–Crippen LogP) is 0.149. The summed E-state index contributed by atoms with van der Waals surface area (Å²) in [5.41, 5.74) is 0. The van der Waals surface area contributed by atoms with E-state index in [9.17, 15) is 4.79 Å². The number of carbonyl (C=O) groups is 1. The first kappa shape index (κ1) is 9.50. The molecule has 0 aliphatic heterocycles. The third-order valence-corrected chi connectivity index (χ3v) is 1.51. The van der Waals surface area contributed by atoms with Crippen LogP contribution in [0.2, 0.25) is 0 Å². The van der Waals surface area contributed by atoms with E-state index in [0.29, 0.717) is 18.3 Å². The topological polar surface area (TPSA) is 71.3 Å². The van der Waals surface area contributed by atoms with Crippen LogP contribution < -0.4 is 5.32 Å². The molecule has 1 heterocycles. The second-order valence-electron chi connectivity index (χ2n) is 2.64. The smallest absolute Gasteiger partial charge is 0.317 e. The maximum atomic E-state index is 11.1. The number of aromatic nitrogens is 2. The summed E-state index contributed by atoms with van der Waals surface area (Å²) < 4.78 is 4.76. The molecule has 0 fully saturated rings. The number of nitrogens with one attached hydrogen (secondary N) is 1. The fourth-order valence-electron chi connectivity index (χ4n) is 0.880. The van der Waals surface area contributed by atoms with Crippen molar-refractivity contribution in [3.63, 3.8) is 0 Å². The van der Waals surface area contributed by atoms with Gasteiger partial charge in [0.25, 0.3) is 0 Å². The molecule has 0 saturated carbocycles. The number of urea groups is 1. The minimum absolute atomic E-state index is 0.178. The SMILES string of the molecule is CNC(=O)N(C)Cc1noc(C)n1. The standard InChI is InChI=1S/C7H12N4O2/c1-5-9-6(10-13-5)4-11(3)7(12)8-2/h4H2,1-3H3,(H,8,12). The number of carbonyl (C=O) groups excluding carboxylic acids is 1. The zero-order chi connectivity index (χ0) is 9.84. The molecule has 6 heteroatoms. The van der Waals surface area contributed by atoms with Crippen molar-refractivity contribution < 1.29 is 9.32 Å². The van der Waals surface area contributed by atoms with Gasteiger partial charge in [0.2, 0.25) is 5.89 Å². The Hall–Kier alpha value is -1.59. The maximum absolute atomic E-state index is 11.1. The van der Waals surface area contributed by atoms with Crippen LogP contribution in [-0.4, -0.2) is 35.2 Å². The Bertz CT molecular complexity index is 296. The Balaban J connectivity index is 2.54. The molecule has 1 rings (SSSR count). The number of rotatable bonds is 2. The first-order chi connectivity index (χ1) is 6.13. The van der Waals surface area contributed by atoms with Gasteiger partial charge in [-0.1, -0.05) is 5.16 Å². The van der Waals surface area contributed by atoms with E-state index in [4.69, 9.17) is 4.52 Å². The van der Waals surface area contributed by atoms with E-state index in [0.717, 1.165) is 0 Å². The van der Waals surface area contributed by atoms with E-state index in [1.54, 1.807) is 21.0 Å². The van der Waals surface area contributed by atoms with Gasteiger partial charge in [-0.15, -0.1) is 0 Å². The number of amides is 2.